The predicted octanol–water partition coefficient (Wildman–Crippen LogP) is 3.68. The van der Waals surface area contributed by atoms with Crippen LogP contribution >= 0.6 is 12.2 Å². The van der Waals surface area contributed by atoms with Gasteiger partial charge in [0.1, 0.15) is 0 Å². The number of aromatic nitrogens is 2. The molecule has 0 atom stereocenters. The van der Waals surface area contributed by atoms with Crippen LogP contribution in [0.4, 0.5) is 0 Å². The standard InChI is InChI=1S/C20H27N5S/c1-15-19(13-21-23-20(26)22-18-11-7-4-8-12-18)16(2)25(24-15)14-17-9-5-3-6-10-17/h3,5-6,9-10,13,18H,4,7-8,11-12,14H2,1-2H3,(H2,22,23,26)/b21-13+. The van der Waals surface area contributed by atoms with Gasteiger partial charge >= 0.3 is 0 Å². The number of nitrogens with one attached hydrogen (secondary N) is 2. The summed E-state index contributed by atoms with van der Waals surface area (Å²) in [5, 5.41) is 12.9. The lowest BCUT2D eigenvalue weighted by molar-refractivity contribution is 0.412. The molecule has 1 fully saturated rings. The summed E-state index contributed by atoms with van der Waals surface area (Å²) in [4.78, 5) is 0. The molecule has 5 nitrogen and oxygen atoms in total. The first-order valence-corrected chi connectivity index (χ1v) is 9.72. The molecule has 3 rings (SSSR count). The van der Waals surface area contributed by atoms with Crippen LogP contribution in [0.3, 0.4) is 0 Å². The topological polar surface area (TPSA) is 54.2 Å². The molecule has 1 heterocycles. The summed E-state index contributed by atoms with van der Waals surface area (Å²) < 4.78 is 2.02. The van der Waals surface area contributed by atoms with E-state index in [2.05, 4.69) is 40.0 Å². The average molecular weight is 370 g/mol. The van der Waals surface area contributed by atoms with Crippen LogP contribution in [0.5, 0.6) is 0 Å². The molecule has 2 aromatic rings. The smallest absolute Gasteiger partial charge is 0.187 e. The lowest BCUT2D eigenvalue weighted by Crippen LogP contribution is -2.40. The highest BCUT2D eigenvalue weighted by Crippen LogP contribution is 2.17. The van der Waals surface area contributed by atoms with Gasteiger partial charge in [-0.3, -0.25) is 10.1 Å². The van der Waals surface area contributed by atoms with Gasteiger partial charge in [-0.15, -0.1) is 0 Å². The molecule has 2 N–H and O–H groups in total. The van der Waals surface area contributed by atoms with Gasteiger partial charge < -0.3 is 5.32 Å². The number of hydrazone groups is 1. The van der Waals surface area contributed by atoms with Crippen LogP contribution in [-0.2, 0) is 6.54 Å². The highest BCUT2D eigenvalue weighted by atomic mass is 32.1. The van der Waals surface area contributed by atoms with Gasteiger partial charge in [0.25, 0.3) is 0 Å². The molecular weight excluding hydrogens is 342 g/mol. The van der Waals surface area contributed by atoms with Crippen molar-refractivity contribution in [2.75, 3.05) is 0 Å². The Hall–Kier alpha value is -2.21. The second-order valence-electron chi connectivity index (χ2n) is 6.91. The van der Waals surface area contributed by atoms with Gasteiger partial charge in [0.15, 0.2) is 5.11 Å². The van der Waals surface area contributed by atoms with Gasteiger partial charge in [0.2, 0.25) is 0 Å². The average Bonchev–Trinajstić information content (AvgIpc) is 2.91. The van der Waals surface area contributed by atoms with E-state index in [0.717, 1.165) is 23.5 Å². The third-order valence-corrected chi connectivity index (χ3v) is 5.12. The molecular formula is C20H27N5S. The van der Waals surface area contributed by atoms with Crippen molar-refractivity contribution in [3.63, 3.8) is 0 Å². The van der Waals surface area contributed by atoms with Crippen molar-refractivity contribution >= 4 is 23.5 Å². The summed E-state index contributed by atoms with van der Waals surface area (Å²) in [5.41, 5.74) is 7.28. The van der Waals surface area contributed by atoms with E-state index in [1.165, 1.54) is 37.7 Å². The molecule has 0 aliphatic heterocycles. The summed E-state index contributed by atoms with van der Waals surface area (Å²) in [6.07, 6.45) is 8.09. The first-order valence-electron chi connectivity index (χ1n) is 9.31. The molecule has 0 unspecified atom stereocenters. The highest BCUT2D eigenvalue weighted by Gasteiger charge is 2.14. The summed E-state index contributed by atoms with van der Waals surface area (Å²) in [6.45, 7) is 4.84. The number of hydrogen-bond acceptors (Lipinski definition) is 3. The maximum Gasteiger partial charge on any atom is 0.187 e. The fourth-order valence-corrected chi connectivity index (χ4v) is 3.65. The van der Waals surface area contributed by atoms with Crippen molar-refractivity contribution in [3.05, 3.63) is 52.8 Å². The molecule has 1 aliphatic carbocycles. The lowest BCUT2D eigenvalue weighted by atomic mass is 9.96. The van der Waals surface area contributed by atoms with Gasteiger partial charge in [-0.05, 0) is 44.5 Å². The number of thiocarbonyl (C=S) groups is 1. The molecule has 0 radical (unpaired) electrons. The van der Waals surface area contributed by atoms with Crippen LogP contribution in [0.1, 0.15) is 54.6 Å². The molecule has 0 saturated heterocycles. The zero-order chi connectivity index (χ0) is 18.4. The Morgan fingerprint density at radius 3 is 2.69 bits per heavy atom. The quantitative estimate of drug-likeness (QED) is 0.480. The third-order valence-electron chi connectivity index (χ3n) is 4.91. The fraction of sp³-hybridized carbons (Fsp3) is 0.450. The Labute approximate surface area is 160 Å². The van der Waals surface area contributed by atoms with Crippen molar-refractivity contribution in [2.45, 2.75) is 58.5 Å². The summed E-state index contributed by atoms with van der Waals surface area (Å²) in [6, 6.07) is 10.8. The fourth-order valence-electron chi connectivity index (χ4n) is 3.43. The van der Waals surface area contributed by atoms with Gasteiger partial charge in [-0.25, -0.2) is 0 Å². The molecule has 0 amide bonds. The number of benzene rings is 1. The second kappa shape index (κ2) is 8.94. The SMILES string of the molecule is Cc1nn(Cc2ccccc2)c(C)c1/C=N/NC(=S)NC1CCCCC1. The van der Waals surface area contributed by atoms with Crippen LogP contribution in [0.2, 0.25) is 0 Å². The normalized spacial score (nSPS) is 15.3. The Morgan fingerprint density at radius 2 is 1.96 bits per heavy atom. The summed E-state index contributed by atoms with van der Waals surface area (Å²) >= 11 is 5.35. The van der Waals surface area contributed by atoms with E-state index in [4.69, 9.17) is 12.2 Å². The van der Waals surface area contributed by atoms with Gasteiger partial charge in [-0.2, -0.15) is 10.2 Å². The van der Waals surface area contributed by atoms with Crippen molar-refractivity contribution in [1.29, 1.82) is 0 Å². The van der Waals surface area contributed by atoms with E-state index >= 15 is 0 Å². The number of hydrogen-bond donors (Lipinski definition) is 2. The third kappa shape index (κ3) is 4.91. The van der Waals surface area contributed by atoms with E-state index < -0.39 is 0 Å². The van der Waals surface area contributed by atoms with Gasteiger partial charge in [-0.1, -0.05) is 49.6 Å². The Kier molecular flexibility index (Phi) is 6.39. The van der Waals surface area contributed by atoms with Crippen LogP contribution in [0, 0.1) is 13.8 Å². The van der Waals surface area contributed by atoms with E-state index in [9.17, 15) is 0 Å². The largest absolute Gasteiger partial charge is 0.359 e. The van der Waals surface area contributed by atoms with Crippen molar-refractivity contribution in [2.24, 2.45) is 5.10 Å². The van der Waals surface area contributed by atoms with Crippen LogP contribution in [0.15, 0.2) is 35.4 Å². The van der Waals surface area contributed by atoms with Crippen molar-refractivity contribution in [1.82, 2.24) is 20.5 Å². The van der Waals surface area contributed by atoms with Crippen LogP contribution in [-0.4, -0.2) is 27.1 Å². The molecule has 26 heavy (non-hydrogen) atoms. The Balaban J connectivity index is 1.58. The monoisotopic (exact) mass is 369 g/mol. The van der Waals surface area contributed by atoms with Crippen molar-refractivity contribution in [3.8, 4) is 0 Å². The number of aryl methyl sites for hydroxylation is 1. The van der Waals surface area contributed by atoms with Crippen molar-refractivity contribution < 1.29 is 0 Å². The predicted molar refractivity (Wildman–Crippen MR) is 111 cm³/mol. The molecule has 138 valence electrons. The second-order valence-corrected chi connectivity index (χ2v) is 7.31. The minimum absolute atomic E-state index is 0.482. The lowest BCUT2D eigenvalue weighted by Gasteiger charge is -2.23. The maximum atomic E-state index is 5.35. The first kappa shape index (κ1) is 18.6. The molecule has 1 aliphatic rings. The molecule has 6 heteroatoms. The zero-order valence-electron chi connectivity index (χ0n) is 15.5. The van der Waals surface area contributed by atoms with Crippen LogP contribution in [0.25, 0.3) is 0 Å². The molecule has 1 aromatic heterocycles. The minimum atomic E-state index is 0.482. The van der Waals surface area contributed by atoms with E-state index in [-0.39, 0.29) is 0 Å². The Morgan fingerprint density at radius 1 is 1.23 bits per heavy atom. The molecule has 1 saturated carbocycles. The van der Waals surface area contributed by atoms with E-state index in [1.54, 1.807) is 0 Å². The van der Waals surface area contributed by atoms with Gasteiger partial charge in [0, 0.05) is 17.3 Å². The maximum absolute atomic E-state index is 5.35. The molecule has 0 spiro atoms. The summed E-state index contributed by atoms with van der Waals surface area (Å²) in [7, 11) is 0. The minimum Gasteiger partial charge on any atom is -0.359 e. The molecule has 0 bridgehead atoms. The Bertz CT molecular complexity index is 760. The highest BCUT2D eigenvalue weighted by molar-refractivity contribution is 7.80. The number of rotatable bonds is 5. The zero-order valence-corrected chi connectivity index (χ0v) is 16.4. The van der Waals surface area contributed by atoms with E-state index in [1.807, 2.05) is 36.0 Å². The summed E-state index contributed by atoms with van der Waals surface area (Å²) in [5.74, 6) is 0. The number of nitrogens with zero attached hydrogens (tertiary/aromatic N) is 3. The first-order chi connectivity index (χ1) is 12.6. The van der Waals surface area contributed by atoms with Gasteiger partial charge in [0.05, 0.1) is 18.5 Å². The van der Waals surface area contributed by atoms with Crippen LogP contribution < -0.4 is 10.7 Å². The van der Waals surface area contributed by atoms with E-state index in [0.29, 0.717) is 11.2 Å². The molecule has 1 aromatic carbocycles.